The highest BCUT2D eigenvalue weighted by Gasteiger charge is 2.21. The molecule has 1 fully saturated rings. The predicted octanol–water partition coefficient (Wildman–Crippen LogP) is 1.36. The summed E-state index contributed by atoms with van der Waals surface area (Å²) in [7, 11) is 5.77. The third kappa shape index (κ3) is 4.13. The molecule has 1 aromatic rings. The number of hydrogen-bond donors (Lipinski definition) is 2. The second kappa shape index (κ2) is 6.61. The molecule has 1 saturated carbocycles. The Kier molecular flexibility index (Phi) is 4.84. The first-order valence-electron chi connectivity index (χ1n) is 6.97. The first-order chi connectivity index (χ1) is 9.60. The molecule has 5 heteroatoms. The molecule has 110 valence electrons. The molecule has 1 aliphatic rings. The van der Waals surface area contributed by atoms with E-state index in [4.69, 9.17) is 10.5 Å². The molecule has 0 bridgehead atoms. The van der Waals surface area contributed by atoms with Crippen molar-refractivity contribution in [2.45, 2.75) is 24.9 Å². The van der Waals surface area contributed by atoms with E-state index < -0.39 is 0 Å². The molecule has 0 saturated heterocycles. The van der Waals surface area contributed by atoms with Crippen LogP contribution in [0.15, 0.2) is 29.3 Å². The van der Waals surface area contributed by atoms with E-state index in [0.29, 0.717) is 18.5 Å². The van der Waals surface area contributed by atoms with Crippen LogP contribution in [0.1, 0.15) is 24.4 Å². The molecule has 0 aromatic heterocycles. The number of aliphatic imine (C=N–C) groups is 1. The number of nitrogens with two attached hydrogens (primary N) is 1. The third-order valence-corrected chi connectivity index (χ3v) is 3.47. The van der Waals surface area contributed by atoms with Crippen LogP contribution in [0, 0.1) is 0 Å². The number of guanidine groups is 1. The lowest BCUT2D eigenvalue weighted by Gasteiger charge is -2.23. The van der Waals surface area contributed by atoms with Crippen LogP contribution in [-0.4, -0.2) is 44.7 Å². The molecule has 2 rings (SSSR count). The number of methoxy groups -OCH3 is 1. The van der Waals surface area contributed by atoms with E-state index >= 15 is 0 Å². The van der Waals surface area contributed by atoms with Crippen LogP contribution in [0.4, 0.5) is 0 Å². The van der Waals surface area contributed by atoms with E-state index in [1.54, 1.807) is 7.11 Å². The highest BCUT2D eigenvalue weighted by Crippen LogP contribution is 2.23. The Balaban J connectivity index is 2.05. The van der Waals surface area contributed by atoms with E-state index in [1.807, 2.05) is 32.3 Å². The van der Waals surface area contributed by atoms with Crippen LogP contribution in [0.3, 0.4) is 0 Å². The summed E-state index contributed by atoms with van der Waals surface area (Å²) in [4.78, 5) is 6.60. The van der Waals surface area contributed by atoms with Gasteiger partial charge in [-0.2, -0.15) is 0 Å². The Morgan fingerprint density at radius 2 is 2.25 bits per heavy atom. The minimum absolute atomic E-state index is 0.185. The van der Waals surface area contributed by atoms with Crippen molar-refractivity contribution in [2.24, 2.45) is 10.7 Å². The van der Waals surface area contributed by atoms with Gasteiger partial charge < -0.3 is 20.7 Å². The maximum Gasteiger partial charge on any atom is 0.188 e. The molecule has 1 aliphatic carbocycles. The highest BCUT2D eigenvalue weighted by atomic mass is 16.5. The Bertz CT molecular complexity index is 469. The molecule has 0 spiro atoms. The van der Waals surface area contributed by atoms with Gasteiger partial charge in [-0.3, -0.25) is 4.99 Å². The van der Waals surface area contributed by atoms with Crippen LogP contribution < -0.4 is 15.8 Å². The van der Waals surface area contributed by atoms with Crippen molar-refractivity contribution in [1.82, 2.24) is 10.2 Å². The topological polar surface area (TPSA) is 62.9 Å². The van der Waals surface area contributed by atoms with Crippen molar-refractivity contribution in [2.75, 3.05) is 27.7 Å². The SMILES string of the molecule is COc1cccc(C(CN=C(N)NC2CC2)N(C)C)c1. The minimum Gasteiger partial charge on any atom is -0.497 e. The lowest BCUT2D eigenvalue weighted by atomic mass is 10.1. The first kappa shape index (κ1) is 14.7. The van der Waals surface area contributed by atoms with Gasteiger partial charge in [0.2, 0.25) is 0 Å². The van der Waals surface area contributed by atoms with Crippen molar-refractivity contribution in [3.8, 4) is 5.75 Å². The predicted molar refractivity (Wildman–Crippen MR) is 82.1 cm³/mol. The molecule has 3 N–H and O–H groups in total. The maximum absolute atomic E-state index is 5.89. The molecule has 5 nitrogen and oxygen atoms in total. The monoisotopic (exact) mass is 276 g/mol. The van der Waals surface area contributed by atoms with Crippen LogP contribution in [0.2, 0.25) is 0 Å². The summed E-state index contributed by atoms with van der Waals surface area (Å²) in [5.41, 5.74) is 7.07. The number of ether oxygens (including phenoxy) is 1. The fraction of sp³-hybridized carbons (Fsp3) is 0.533. The summed E-state index contributed by atoms with van der Waals surface area (Å²) in [5.74, 6) is 1.41. The van der Waals surface area contributed by atoms with Crippen molar-refractivity contribution in [1.29, 1.82) is 0 Å². The summed E-state index contributed by atoms with van der Waals surface area (Å²) in [6, 6.07) is 8.80. The van der Waals surface area contributed by atoms with Crippen LogP contribution in [-0.2, 0) is 0 Å². The quantitative estimate of drug-likeness (QED) is 0.608. The van der Waals surface area contributed by atoms with Gasteiger partial charge in [0.05, 0.1) is 19.7 Å². The zero-order valence-corrected chi connectivity index (χ0v) is 12.5. The van der Waals surface area contributed by atoms with Crippen LogP contribution in [0.25, 0.3) is 0 Å². The highest BCUT2D eigenvalue weighted by molar-refractivity contribution is 5.78. The molecule has 20 heavy (non-hydrogen) atoms. The summed E-state index contributed by atoms with van der Waals surface area (Å²) < 4.78 is 5.28. The average molecular weight is 276 g/mol. The number of likely N-dealkylation sites (N-methyl/N-ethyl adjacent to an activating group) is 1. The second-order valence-corrected chi connectivity index (χ2v) is 5.40. The zero-order chi connectivity index (χ0) is 14.5. The molecule has 1 atom stereocenters. The van der Waals surface area contributed by atoms with E-state index in [2.05, 4.69) is 21.3 Å². The van der Waals surface area contributed by atoms with E-state index in [1.165, 1.54) is 18.4 Å². The van der Waals surface area contributed by atoms with Crippen molar-refractivity contribution in [3.05, 3.63) is 29.8 Å². The van der Waals surface area contributed by atoms with Gasteiger partial charge in [0.15, 0.2) is 5.96 Å². The number of nitrogens with zero attached hydrogens (tertiary/aromatic N) is 2. The van der Waals surface area contributed by atoms with Gasteiger partial charge in [-0.25, -0.2) is 0 Å². The smallest absolute Gasteiger partial charge is 0.188 e. The van der Waals surface area contributed by atoms with Crippen LogP contribution in [0.5, 0.6) is 5.75 Å². The number of benzene rings is 1. The molecule has 0 heterocycles. The fourth-order valence-corrected chi connectivity index (χ4v) is 2.08. The van der Waals surface area contributed by atoms with Crippen molar-refractivity contribution >= 4 is 5.96 Å². The van der Waals surface area contributed by atoms with Crippen molar-refractivity contribution < 1.29 is 4.74 Å². The standard InChI is InChI=1S/C15H24N4O/c1-19(2)14(10-17-15(16)18-12-7-8-12)11-5-4-6-13(9-11)20-3/h4-6,9,12,14H,7-8,10H2,1-3H3,(H3,16,17,18). The molecule has 0 amide bonds. The molecule has 1 aromatic carbocycles. The van der Waals surface area contributed by atoms with Gasteiger partial charge in [0, 0.05) is 6.04 Å². The minimum atomic E-state index is 0.185. The molecule has 1 unspecified atom stereocenters. The van der Waals surface area contributed by atoms with Gasteiger partial charge in [-0.05, 0) is 44.6 Å². The normalized spacial score (nSPS) is 17.1. The van der Waals surface area contributed by atoms with Gasteiger partial charge in [0.25, 0.3) is 0 Å². The molecular formula is C15H24N4O. The van der Waals surface area contributed by atoms with Gasteiger partial charge in [-0.15, -0.1) is 0 Å². The largest absolute Gasteiger partial charge is 0.497 e. The van der Waals surface area contributed by atoms with Gasteiger partial charge in [0.1, 0.15) is 5.75 Å². The Morgan fingerprint density at radius 1 is 1.50 bits per heavy atom. The Morgan fingerprint density at radius 3 is 2.85 bits per heavy atom. The lowest BCUT2D eigenvalue weighted by molar-refractivity contribution is 0.305. The second-order valence-electron chi connectivity index (χ2n) is 5.40. The van der Waals surface area contributed by atoms with Crippen LogP contribution >= 0.6 is 0 Å². The molecular weight excluding hydrogens is 252 g/mol. The lowest BCUT2D eigenvalue weighted by Crippen LogP contribution is -2.34. The summed E-state index contributed by atoms with van der Waals surface area (Å²) in [5, 5.41) is 3.21. The number of nitrogens with one attached hydrogen (secondary N) is 1. The molecule has 0 aliphatic heterocycles. The van der Waals surface area contributed by atoms with Crippen molar-refractivity contribution in [3.63, 3.8) is 0 Å². The zero-order valence-electron chi connectivity index (χ0n) is 12.5. The van der Waals surface area contributed by atoms with E-state index in [-0.39, 0.29) is 6.04 Å². The number of rotatable bonds is 6. The average Bonchev–Trinajstić information content (AvgIpc) is 3.22. The fourth-order valence-electron chi connectivity index (χ4n) is 2.08. The van der Waals surface area contributed by atoms with Gasteiger partial charge in [-0.1, -0.05) is 12.1 Å². The Labute approximate surface area is 120 Å². The third-order valence-electron chi connectivity index (χ3n) is 3.47. The number of hydrogen-bond acceptors (Lipinski definition) is 3. The Hall–Kier alpha value is -1.75. The summed E-state index contributed by atoms with van der Waals surface area (Å²) >= 11 is 0. The first-order valence-corrected chi connectivity index (χ1v) is 6.97. The van der Waals surface area contributed by atoms with E-state index in [9.17, 15) is 0 Å². The maximum atomic E-state index is 5.89. The molecule has 0 radical (unpaired) electrons. The summed E-state index contributed by atoms with van der Waals surface area (Å²) in [6.07, 6.45) is 2.40. The van der Waals surface area contributed by atoms with Gasteiger partial charge >= 0.3 is 0 Å². The summed E-state index contributed by atoms with van der Waals surface area (Å²) in [6.45, 7) is 0.631. The van der Waals surface area contributed by atoms with E-state index in [0.717, 1.165) is 5.75 Å².